The highest BCUT2D eigenvalue weighted by molar-refractivity contribution is 7.92. The molecule has 1 rings (SSSR count). The van der Waals surface area contributed by atoms with E-state index in [2.05, 4.69) is 4.98 Å². The number of aryl methyl sites for hydroxylation is 1. The Morgan fingerprint density at radius 3 is 2.29 bits per heavy atom. The van der Waals surface area contributed by atoms with E-state index in [9.17, 15) is 0 Å². The van der Waals surface area contributed by atoms with E-state index >= 15 is 0 Å². The number of hydrogen-bond acceptors (Lipinski definition) is 5. The maximum atomic E-state index is 5.50. The molecule has 0 fully saturated rings. The van der Waals surface area contributed by atoms with E-state index in [1.807, 2.05) is 64.3 Å². The molecule has 0 unspecified atom stereocenters. The van der Waals surface area contributed by atoms with Gasteiger partial charge in [0.1, 0.15) is 0 Å². The fourth-order valence-electron chi connectivity index (χ4n) is 1.17. The fraction of sp³-hybridized carbons (Fsp3) is 0.667. The molecule has 0 saturated carbocycles. The van der Waals surface area contributed by atoms with Crippen LogP contribution in [0.15, 0.2) is 18.3 Å². The summed E-state index contributed by atoms with van der Waals surface area (Å²) in [6.07, 6.45) is 2.75. The molecule has 1 aromatic heterocycles. The molecule has 4 nitrogen and oxygen atoms in total. The second kappa shape index (κ2) is 19.6. The minimum Gasteiger partial charge on any atom is -0.478 e. The van der Waals surface area contributed by atoms with Gasteiger partial charge < -0.3 is 8.92 Å². The van der Waals surface area contributed by atoms with Crippen LogP contribution in [0.25, 0.3) is 0 Å². The molecule has 0 atom stereocenters. The third-order valence-electron chi connectivity index (χ3n) is 1.95. The Morgan fingerprint density at radius 2 is 1.81 bits per heavy atom. The van der Waals surface area contributed by atoms with Gasteiger partial charge >= 0.3 is 0 Å². The number of ether oxygens (including phenoxy) is 1. The Bertz CT molecular complexity index is 298. The summed E-state index contributed by atoms with van der Waals surface area (Å²) in [6, 6.07) is 3.89. The standard InChI is InChI=1S/C11H18N2O2S.2C2H6.H2S/c1-10-5-6-11(12-9-10)15-8-4-7-13(2)16-14-3;2*1-2;/h5-6,9H,4,7-8H2,1-3H3;2*1-2H3;1H2. The van der Waals surface area contributed by atoms with Crippen molar-refractivity contribution in [3.8, 4) is 5.88 Å². The highest BCUT2D eigenvalue weighted by Gasteiger charge is 1.99. The summed E-state index contributed by atoms with van der Waals surface area (Å²) in [5, 5.41) is 0. The maximum Gasteiger partial charge on any atom is 0.213 e. The molecule has 0 aliphatic rings. The van der Waals surface area contributed by atoms with Crippen LogP contribution in [0.4, 0.5) is 0 Å². The summed E-state index contributed by atoms with van der Waals surface area (Å²) in [5.74, 6) is 0.688. The van der Waals surface area contributed by atoms with Gasteiger partial charge in [-0.1, -0.05) is 33.8 Å². The van der Waals surface area contributed by atoms with Gasteiger partial charge in [0.15, 0.2) is 0 Å². The molecule has 0 amide bonds. The third-order valence-corrected chi connectivity index (χ3v) is 2.54. The average molecular weight is 337 g/mol. The molecule has 1 aromatic rings. The molecule has 0 spiro atoms. The first kappa shape index (κ1) is 25.5. The Kier molecular flexibility index (Phi) is 23.8. The number of aromatic nitrogens is 1. The molecule has 0 aliphatic carbocycles. The normalized spacial score (nSPS) is 8.76. The summed E-state index contributed by atoms with van der Waals surface area (Å²) >= 11 is 1.34. The zero-order valence-electron chi connectivity index (χ0n) is 14.5. The molecule has 21 heavy (non-hydrogen) atoms. The van der Waals surface area contributed by atoms with Gasteiger partial charge in [-0.15, -0.1) is 0 Å². The van der Waals surface area contributed by atoms with E-state index in [1.54, 1.807) is 7.11 Å². The lowest BCUT2D eigenvalue weighted by Crippen LogP contribution is -2.14. The van der Waals surface area contributed by atoms with Crippen molar-refractivity contribution in [3.05, 3.63) is 23.9 Å². The number of hydrogen-bond donors (Lipinski definition) is 0. The highest BCUT2D eigenvalue weighted by Crippen LogP contribution is 2.09. The summed E-state index contributed by atoms with van der Waals surface area (Å²) < 4.78 is 12.4. The smallest absolute Gasteiger partial charge is 0.213 e. The molecule has 0 saturated heterocycles. The summed E-state index contributed by atoms with van der Waals surface area (Å²) in [6.45, 7) is 11.6. The van der Waals surface area contributed by atoms with Crippen LogP contribution in [0.3, 0.4) is 0 Å². The van der Waals surface area contributed by atoms with Crippen LogP contribution in [-0.2, 0) is 4.18 Å². The zero-order valence-corrected chi connectivity index (χ0v) is 16.3. The molecular weight excluding hydrogens is 304 g/mol. The van der Waals surface area contributed by atoms with E-state index in [1.165, 1.54) is 12.2 Å². The lowest BCUT2D eigenvalue weighted by Gasteiger charge is -2.12. The van der Waals surface area contributed by atoms with Crippen LogP contribution in [0.5, 0.6) is 5.88 Å². The molecule has 0 radical (unpaired) electrons. The van der Waals surface area contributed by atoms with Crippen molar-refractivity contribution in [2.45, 2.75) is 41.0 Å². The van der Waals surface area contributed by atoms with Crippen molar-refractivity contribution in [3.63, 3.8) is 0 Å². The lowest BCUT2D eigenvalue weighted by atomic mass is 10.3. The Hall–Kier alpha value is -0.430. The Labute approximate surface area is 142 Å². The molecule has 0 N–H and O–H groups in total. The zero-order chi connectivity index (χ0) is 15.8. The molecule has 1 heterocycles. The van der Waals surface area contributed by atoms with Crippen molar-refractivity contribution in [1.29, 1.82) is 0 Å². The van der Waals surface area contributed by atoms with Gasteiger partial charge in [-0.25, -0.2) is 9.29 Å². The molecule has 0 aliphatic heterocycles. The van der Waals surface area contributed by atoms with Crippen LogP contribution in [-0.4, -0.2) is 36.6 Å². The van der Waals surface area contributed by atoms with Gasteiger partial charge in [0.25, 0.3) is 0 Å². The topological polar surface area (TPSA) is 34.6 Å². The SMILES string of the molecule is CC.CC.COSN(C)CCCOc1ccc(C)cn1.S. The van der Waals surface area contributed by atoms with Crippen molar-refractivity contribution in [2.75, 3.05) is 27.3 Å². The van der Waals surface area contributed by atoms with Crippen LogP contribution in [0.1, 0.15) is 39.7 Å². The van der Waals surface area contributed by atoms with Crippen molar-refractivity contribution >= 4 is 25.7 Å². The maximum absolute atomic E-state index is 5.50. The van der Waals surface area contributed by atoms with Crippen molar-refractivity contribution in [1.82, 2.24) is 9.29 Å². The molecule has 126 valence electrons. The number of rotatable bonds is 7. The quantitative estimate of drug-likeness (QED) is 0.417. The van der Waals surface area contributed by atoms with Crippen LogP contribution in [0, 0.1) is 6.92 Å². The minimum absolute atomic E-state index is 0. The van der Waals surface area contributed by atoms with Crippen LogP contribution >= 0.6 is 25.7 Å². The first-order valence-electron chi connectivity index (χ1n) is 7.19. The average Bonchev–Trinajstić information content (AvgIpc) is 2.50. The summed E-state index contributed by atoms with van der Waals surface area (Å²) in [4.78, 5) is 4.17. The van der Waals surface area contributed by atoms with Crippen molar-refractivity contribution < 1.29 is 8.92 Å². The molecule has 6 heteroatoms. The second-order valence-electron chi connectivity index (χ2n) is 3.47. The molecule has 0 aromatic carbocycles. The second-order valence-corrected chi connectivity index (χ2v) is 4.57. The van der Waals surface area contributed by atoms with Gasteiger partial charge in [0, 0.05) is 18.8 Å². The van der Waals surface area contributed by atoms with Gasteiger partial charge in [0.05, 0.1) is 25.9 Å². The Balaban J connectivity index is -0.000000595. The van der Waals surface area contributed by atoms with E-state index in [4.69, 9.17) is 8.92 Å². The van der Waals surface area contributed by atoms with Crippen molar-refractivity contribution in [2.24, 2.45) is 0 Å². The first-order chi connectivity index (χ1) is 9.72. The lowest BCUT2D eigenvalue weighted by molar-refractivity contribution is 0.286. The van der Waals surface area contributed by atoms with E-state index in [-0.39, 0.29) is 13.5 Å². The Morgan fingerprint density at radius 1 is 1.19 bits per heavy atom. The first-order valence-corrected chi connectivity index (χ1v) is 7.89. The number of pyridine rings is 1. The minimum atomic E-state index is 0. The van der Waals surface area contributed by atoms with Gasteiger partial charge in [-0.3, -0.25) is 0 Å². The van der Waals surface area contributed by atoms with E-state index in [0.29, 0.717) is 12.5 Å². The summed E-state index contributed by atoms with van der Waals surface area (Å²) in [5.41, 5.74) is 1.14. The van der Waals surface area contributed by atoms with Crippen LogP contribution in [0.2, 0.25) is 0 Å². The molecule has 0 bridgehead atoms. The summed E-state index contributed by atoms with van der Waals surface area (Å²) in [7, 11) is 3.65. The largest absolute Gasteiger partial charge is 0.478 e. The highest BCUT2D eigenvalue weighted by atomic mass is 32.2. The van der Waals surface area contributed by atoms with Gasteiger partial charge in [-0.05, 0) is 26.0 Å². The molecular formula is C15H32N2O2S2. The third kappa shape index (κ3) is 15.8. The predicted molar refractivity (Wildman–Crippen MR) is 99.4 cm³/mol. The van der Waals surface area contributed by atoms with E-state index in [0.717, 1.165) is 18.5 Å². The fourth-order valence-corrected chi connectivity index (χ4v) is 1.63. The predicted octanol–water partition coefficient (Wildman–Crippen LogP) is 4.47. The van der Waals surface area contributed by atoms with Crippen LogP contribution < -0.4 is 4.74 Å². The van der Waals surface area contributed by atoms with Gasteiger partial charge in [-0.2, -0.15) is 13.5 Å². The monoisotopic (exact) mass is 336 g/mol. The van der Waals surface area contributed by atoms with E-state index < -0.39 is 0 Å². The van der Waals surface area contributed by atoms with Gasteiger partial charge in [0.2, 0.25) is 5.88 Å². The number of nitrogens with zero attached hydrogens (tertiary/aromatic N) is 2.